The number of benzene rings is 2. The molecule has 2 fully saturated rings. The van der Waals surface area contributed by atoms with Crippen molar-refractivity contribution in [2.75, 3.05) is 27.2 Å². The molecule has 6 heteroatoms. The smallest absolute Gasteiger partial charge is 0.308 e. The fraction of sp³-hybridized carbons (Fsp3) is 0.462. The molecule has 4 rings (SSSR count). The number of likely N-dealkylation sites (N-methyl/N-ethyl adjacent to an activating group) is 1. The number of amides is 1. The molecule has 1 heterocycles. The van der Waals surface area contributed by atoms with Crippen molar-refractivity contribution in [1.82, 2.24) is 9.80 Å². The van der Waals surface area contributed by atoms with Crippen LogP contribution in [0, 0.1) is 0 Å². The Labute approximate surface area is 189 Å². The second-order valence-corrected chi connectivity index (χ2v) is 9.40. The topological polar surface area (TPSA) is 70.1 Å². The van der Waals surface area contributed by atoms with Crippen molar-refractivity contribution < 1.29 is 19.4 Å². The third-order valence-corrected chi connectivity index (χ3v) is 7.35. The van der Waals surface area contributed by atoms with Gasteiger partial charge >= 0.3 is 5.97 Å². The summed E-state index contributed by atoms with van der Waals surface area (Å²) < 4.78 is 5.35. The number of fused-ring (bicyclic) bond motifs is 1. The summed E-state index contributed by atoms with van der Waals surface area (Å²) in [6.07, 6.45) is 2.78. The Bertz CT molecular complexity index is 994. The highest BCUT2D eigenvalue weighted by Gasteiger charge is 2.57. The zero-order chi connectivity index (χ0) is 22.9. The third-order valence-electron chi connectivity index (χ3n) is 7.35. The van der Waals surface area contributed by atoms with Crippen molar-refractivity contribution >= 4 is 11.9 Å². The van der Waals surface area contributed by atoms with Crippen LogP contribution in [0.25, 0.3) is 0 Å². The van der Waals surface area contributed by atoms with Crippen LogP contribution in [0.1, 0.15) is 48.5 Å². The maximum absolute atomic E-state index is 13.1. The van der Waals surface area contributed by atoms with E-state index in [4.69, 9.17) is 4.74 Å². The Hall–Kier alpha value is -2.70. The molecular formula is C26H32N2O4. The lowest BCUT2D eigenvalue weighted by atomic mass is 9.55. The largest absolute Gasteiger partial charge is 0.427 e. The summed E-state index contributed by atoms with van der Waals surface area (Å²) in [5.41, 5.74) is 0.202. The molecule has 2 unspecified atom stereocenters. The number of carbonyl (C=O) groups excluding carboxylic acids is 2. The predicted octanol–water partition coefficient (Wildman–Crippen LogP) is 3.24. The molecule has 0 aromatic heterocycles. The number of hydrogen-bond acceptors (Lipinski definition) is 5. The van der Waals surface area contributed by atoms with E-state index >= 15 is 0 Å². The molecule has 6 nitrogen and oxygen atoms in total. The van der Waals surface area contributed by atoms with Crippen molar-refractivity contribution in [3.63, 3.8) is 0 Å². The number of piperidine rings is 1. The summed E-state index contributed by atoms with van der Waals surface area (Å²) in [6, 6.07) is 16.9. The van der Waals surface area contributed by atoms with Crippen LogP contribution in [0.2, 0.25) is 0 Å². The molecule has 1 amide bonds. The van der Waals surface area contributed by atoms with E-state index in [1.165, 1.54) is 6.92 Å². The van der Waals surface area contributed by atoms with Crippen LogP contribution in [0.15, 0.2) is 54.6 Å². The molecule has 0 spiro atoms. The first-order valence-corrected chi connectivity index (χ1v) is 11.3. The summed E-state index contributed by atoms with van der Waals surface area (Å²) in [4.78, 5) is 28.7. The van der Waals surface area contributed by atoms with Crippen LogP contribution in [0.3, 0.4) is 0 Å². The molecule has 1 N–H and O–H groups in total. The standard InChI is InChI=1S/C26H32N2O4/c1-19(29)32-23-11-7-10-21(16-23)25-14-15-27(2)18-26(25,31)13-12-22(17-25)28(3)24(30)20-8-5-4-6-9-20/h4-11,16,22,31H,12-15,17-18H2,1-3H3/t22-,25?,26?/m1/s1. The van der Waals surface area contributed by atoms with Crippen LogP contribution in [-0.2, 0) is 10.2 Å². The summed E-state index contributed by atoms with van der Waals surface area (Å²) >= 11 is 0. The van der Waals surface area contributed by atoms with Crippen LogP contribution in [0.4, 0.5) is 0 Å². The molecule has 2 aliphatic rings. The molecule has 3 atom stereocenters. The van der Waals surface area contributed by atoms with Gasteiger partial charge in [0.15, 0.2) is 0 Å². The minimum Gasteiger partial charge on any atom is -0.427 e. The Morgan fingerprint density at radius 1 is 1.12 bits per heavy atom. The molecule has 0 radical (unpaired) electrons. The van der Waals surface area contributed by atoms with Gasteiger partial charge in [-0.1, -0.05) is 30.3 Å². The van der Waals surface area contributed by atoms with Crippen LogP contribution >= 0.6 is 0 Å². The summed E-state index contributed by atoms with van der Waals surface area (Å²) in [5, 5.41) is 11.9. The molecule has 2 aromatic carbocycles. The summed E-state index contributed by atoms with van der Waals surface area (Å²) in [6.45, 7) is 2.81. The summed E-state index contributed by atoms with van der Waals surface area (Å²) in [5.74, 6) is 0.118. The van der Waals surface area contributed by atoms with E-state index in [1.54, 1.807) is 6.07 Å². The molecule has 0 bridgehead atoms. The molecule has 1 aliphatic heterocycles. The minimum atomic E-state index is -0.915. The van der Waals surface area contributed by atoms with E-state index in [2.05, 4.69) is 4.90 Å². The predicted molar refractivity (Wildman–Crippen MR) is 123 cm³/mol. The number of rotatable bonds is 4. The molecule has 170 valence electrons. The zero-order valence-corrected chi connectivity index (χ0v) is 19.1. The highest BCUT2D eigenvalue weighted by atomic mass is 16.5. The highest BCUT2D eigenvalue weighted by Crippen LogP contribution is 2.52. The second kappa shape index (κ2) is 8.68. The van der Waals surface area contributed by atoms with Gasteiger partial charge in [0, 0.05) is 37.5 Å². The van der Waals surface area contributed by atoms with Crippen LogP contribution < -0.4 is 4.74 Å². The quantitative estimate of drug-likeness (QED) is 0.589. The van der Waals surface area contributed by atoms with E-state index in [-0.39, 0.29) is 17.9 Å². The fourth-order valence-corrected chi connectivity index (χ4v) is 5.65. The van der Waals surface area contributed by atoms with Gasteiger partial charge in [-0.15, -0.1) is 0 Å². The Kier molecular flexibility index (Phi) is 6.10. The van der Waals surface area contributed by atoms with Crippen LogP contribution in [-0.4, -0.2) is 65.6 Å². The van der Waals surface area contributed by atoms with Crippen molar-refractivity contribution in [1.29, 1.82) is 0 Å². The number of nitrogens with zero attached hydrogens (tertiary/aromatic N) is 2. The summed E-state index contributed by atoms with van der Waals surface area (Å²) in [7, 11) is 3.90. The van der Waals surface area contributed by atoms with E-state index < -0.39 is 11.0 Å². The van der Waals surface area contributed by atoms with Crippen molar-refractivity contribution in [3.8, 4) is 5.75 Å². The SMILES string of the molecule is CC(=O)Oc1cccc(C23CCN(C)CC2(O)CC[C@@H](N(C)C(=O)c2ccccc2)C3)c1. The Morgan fingerprint density at radius 3 is 2.59 bits per heavy atom. The van der Waals surface area contributed by atoms with E-state index in [1.807, 2.05) is 67.5 Å². The number of hydrogen-bond donors (Lipinski definition) is 1. The van der Waals surface area contributed by atoms with Gasteiger partial charge in [0.2, 0.25) is 0 Å². The highest BCUT2D eigenvalue weighted by molar-refractivity contribution is 5.94. The van der Waals surface area contributed by atoms with Gasteiger partial charge in [0.25, 0.3) is 5.91 Å². The fourth-order valence-electron chi connectivity index (χ4n) is 5.65. The monoisotopic (exact) mass is 436 g/mol. The minimum absolute atomic E-state index is 0.00205. The Balaban J connectivity index is 1.69. The first-order chi connectivity index (χ1) is 15.2. The lowest BCUT2D eigenvalue weighted by Crippen LogP contribution is -2.66. The first kappa shape index (κ1) is 22.5. The molecule has 2 aromatic rings. The van der Waals surface area contributed by atoms with Gasteiger partial charge in [0.1, 0.15) is 5.75 Å². The van der Waals surface area contributed by atoms with Gasteiger partial charge in [-0.25, -0.2) is 0 Å². The van der Waals surface area contributed by atoms with E-state index in [9.17, 15) is 14.7 Å². The van der Waals surface area contributed by atoms with Crippen LogP contribution in [0.5, 0.6) is 5.75 Å². The number of β-amino-alcohol motifs (C(OH)–C–C–N with tert-alkyl or cyclic N) is 1. The number of likely N-dealkylation sites (tertiary alicyclic amines) is 1. The number of carbonyl (C=O) groups is 2. The lowest BCUT2D eigenvalue weighted by Gasteiger charge is -2.58. The Morgan fingerprint density at radius 2 is 1.88 bits per heavy atom. The maximum Gasteiger partial charge on any atom is 0.308 e. The second-order valence-electron chi connectivity index (χ2n) is 9.40. The molecule has 1 saturated heterocycles. The maximum atomic E-state index is 13.1. The van der Waals surface area contributed by atoms with Crippen molar-refractivity contribution in [2.24, 2.45) is 0 Å². The third kappa shape index (κ3) is 4.05. The number of aliphatic hydroxyl groups is 1. The normalized spacial score (nSPS) is 27.9. The van der Waals surface area contributed by atoms with E-state index in [0.29, 0.717) is 30.7 Å². The molecule has 1 aliphatic carbocycles. The average Bonchev–Trinajstić information content (AvgIpc) is 2.78. The van der Waals surface area contributed by atoms with Crippen molar-refractivity contribution in [3.05, 3.63) is 65.7 Å². The van der Waals surface area contributed by atoms with Gasteiger partial charge < -0.3 is 19.6 Å². The zero-order valence-electron chi connectivity index (χ0n) is 19.1. The lowest BCUT2D eigenvalue weighted by molar-refractivity contribution is -0.132. The number of ether oxygens (including phenoxy) is 1. The van der Waals surface area contributed by atoms with E-state index in [0.717, 1.165) is 24.9 Å². The molecular weight excluding hydrogens is 404 g/mol. The van der Waals surface area contributed by atoms with Gasteiger partial charge in [-0.2, -0.15) is 0 Å². The first-order valence-electron chi connectivity index (χ1n) is 11.3. The average molecular weight is 437 g/mol. The van der Waals surface area contributed by atoms with Gasteiger partial charge in [-0.05, 0) is 69.1 Å². The molecule has 32 heavy (non-hydrogen) atoms. The van der Waals surface area contributed by atoms with Crippen molar-refractivity contribution in [2.45, 2.75) is 49.7 Å². The number of esters is 1. The molecule has 1 saturated carbocycles. The van der Waals surface area contributed by atoms with Gasteiger partial charge in [0.05, 0.1) is 5.60 Å². The van der Waals surface area contributed by atoms with Gasteiger partial charge in [-0.3, -0.25) is 9.59 Å².